The maximum atomic E-state index is 5.90. The number of ether oxygens (including phenoxy) is 1. The molecule has 1 aromatic rings. The lowest BCUT2D eigenvalue weighted by atomic mass is 10.0. The van der Waals surface area contributed by atoms with E-state index in [2.05, 4.69) is 30.4 Å². The minimum Gasteiger partial charge on any atom is -0.490 e. The van der Waals surface area contributed by atoms with Gasteiger partial charge in [0, 0.05) is 12.5 Å². The molecule has 0 saturated heterocycles. The molecule has 1 heterocycles. The normalized spacial score (nSPS) is 20.2. The molecule has 2 heteroatoms. The summed E-state index contributed by atoms with van der Waals surface area (Å²) >= 11 is 0. The van der Waals surface area contributed by atoms with Crippen LogP contribution >= 0.6 is 0 Å². The predicted molar refractivity (Wildman–Crippen MR) is 66.9 cm³/mol. The van der Waals surface area contributed by atoms with Gasteiger partial charge < -0.3 is 10.1 Å². The fraction of sp³-hybridized carbons (Fsp3) is 0.571. The van der Waals surface area contributed by atoms with Crippen molar-refractivity contribution in [1.82, 2.24) is 5.32 Å². The molecular formula is C14H21NO. The molecule has 0 fully saturated rings. The number of hydrogen-bond donors (Lipinski definition) is 1. The third-order valence-electron chi connectivity index (χ3n) is 3.37. The van der Waals surface area contributed by atoms with Crippen LogP contribution in [-0.2, 0) is 6.42 Å². The highest BCUT2D eigenvalue weighted by atomic mass is 16.5. The second-order valence-electron chi connectivity index (χ2n) is 4.67. The molecule has 0 saturated carbocycles. The molecule has 0 spiro atoms. The first-order valence-corrected chi connectivity index (χ1v) is 6.21. The Labute approximate surface area is 98.0 Å². The molecule has 0 radical (unpaired) electrons. The first-order chi connectivity index (χ1) is 7.79. The summed E-state index contributed by atoms with van der Waals surface area (Å²) in [5, 5.41) is 3.27. The predicted octanol–water partition coefficient (Wildman–Crippen LogP) is 2.77. The summed E-state index contributed by atoms with van der Waals surface area (Å²) in [4.78, 5) is 0. The van der Waals surface area contributed by atoms with Gasteiger partial charge in [-0.3, -0.25) is 0 Å². The van der Waals surface area contributed by atoms with Crippen molar-refractivity contribution in [3.8, 4) is 5.75 Å². The van der Waals surface area contributed by atoms with Crippen molar-refractivity contribution in [2.24, 2.45) is 0 Å². The van der Waals surface area contributed by atoms with Gasteiger partial charge in [-0.25, -0.2) is 0 Å². The van der Waals surface area contributed by atoms with Crippen LogP contribution in [0.1, 0.15) is 31.7 Å². The molecular weight excluding hydrogens is 198 g/mol. The Kier molecular flexibility index (Phi) is 3.83. The minimum atomic E-state index is 0.404. The standard InChI is InChI=1S/C14H21NO/c1-11(15-2)6-5-8-13-10-12-7-3-4-9-14(12)16-13/h3-4,7,9,11,13,15H,5-6,8,10H2,1-2H3. The molecule has 0 bridgehead atoms. The Hall–Kier alpha value is -1.02. The molecule has 2 nitrogen and oxygen atoms in total. The quantitative estimate of drug-likeness (QED) is 0.822. The van der Waals surface area contributed by atoms with Gasteiger partial charge in [0.05, 0.1) is 0 Å². The van der Waals surface area contributed by atoms with E-state index in [1.54, 1.807) is 0 Å². The van der Waals surface area contributed by atoms with Gasteiger partial charge in [0.25, 0.3) is 0 Å². The van der Waals surface area contributed by atoms with E-state index in [4.69, 9.17) is 4.74 Å². The number of benzene rings is 1. The van der Waals surface area contributed by atoms with Crippen molar-refractivity contribution >= 4 is 0 Å². The van der Waals surface area contributed by atoms with Crippen LogP contribution in [-0.4, -0.2) is 19.2 Å². The number of hydrogen-bond acceptors (Lipinski definition) is 2. The van der Waals surface area contributed by atoms with Crippen molar-refractivity contribution < 1.29 is 4.74 Å². The SMILES string of the molecule is CNC(C)CCCC1Cc2ccccc2O1. The number of rotatable bonds is 5. The molecule has 1 aromatic carbocycles. The van der Waals surface area contributed by atoms with E-state index in [1.807, 2.05) is 13.1 Å². The molecule has 0 aromatic heterocycles. The van der Waals surface area contributed by atoms with Crippen LogP contribution in [0.15, 0.2) is 24.3 Å². The second kappa shape index (κ2) is 5.35. The third kappa shape index (κ3) is 2.76. The summed E-state index contributed by atoms with van der Waals surface area (Å²) in [6.07, 6.45) is 5.12. The van der Waals surface area contributed by atoms with E-state index in [0.29, 0.717) is 12.1 Å². The van der Waals surface area contributed by atoms with Crippen molar-refractivity contribution in [2.75, 3.05) is 7.05 Å². The summed E-state index contributed by atoms with van der Waals surface area (Å²) < 4.78 is 5.90. The highest BCUT2D eigenvalue weighted by molar-refractivity contribution is 5.37. The highest BCUT2D eigenvalue weighted by Gasteiger charge is 2.21. The van der Waals surface area contributed by atoms with E-state index < -0.39 is 0 Å². The Morgan fingerprint density at radius 1 is 1.44 bits per heavy atom. The van der Waals surface area contributed by atoms with E-state index >= 15 is 0 Å². The maximum absolute atomic E-state index is 5.90. The Bertz CT molecular complexity index is 312. The largest absolute Gasteiger partial charge is 0.490 e. The zero-order valence-corrected chi connectivity index (χ0v) is 10.2. The van der Waals surface area contributed by atoms with E-state index in [0.717, 1.165) is 12.2 Å². The van der Waals surface area contributed by atoms with Crippen molar-refractivity contribution in [3.05, 3.63) is 29.8 Å². The monoisotopic (exact) mass is 219 g/mol. The minimum absolute atomic E-state index is 0.404. The Morgan fingerprint density at radius 2 is 2.25 bits per heavy atom. The molecule has 88 valence electrons. The molecule has 1 aliphatic heterocycles. The summed E-state index contributed by atoms with van der Waals surface area (Å²) in [5.41, 5.74) is 1.37. The van der Waals surface area contributed by atoms with Gasteiger partial charge in [-0.2, -0.15) is 0 Å². The van der Waals surface area contributed by atoms with Gasteiger partial charge in [-0.05, 0) is 44.9 Å². The second-order valence-corrected chi connectivity index (χ2v) is 4.67. The van der Waals surface area contributed by atoms with Crippen molar-refractivity contribution in [3.63, 3.8) is 0 Å². The lowest BCUT2D eigenvalue weighted by molar-refractivity contribution is 0.215. The Morgan fingerprint density at radius 3 is 3.00 bits per heavy atom. The molecule has 1 N–H and O–H groups in total. The van der Waals surface area contributed by atoms with Crippen LogP contribution in [0.3, 0.4) is 0 Å². The van der Waals surface area contributed by atoms with Crippen LogP contribution in [0.25, 0.3) is 0 Å². The van der Waals surface area contributed by atoms with Crippen molar-refractivity contribution in [1.29, 1.82) is 0 Å². The first kappa shape index (κ1) is 11.5. The number of nitrogens with one attached hydrogen (secondary N) is 1. The molecule has 0 aliphatic carbocycles. The van der Waals surface area contributed by atoms with E-state index in [9.17, 15) is 0 Å². The molecule has 2 atom stereocenters. The highest BCUT2D eigenvalue weighted by Crippen LogP contribution is 2.30. The van der Waals surface area contributed by atoms with Crippen LogP contribution in [0.4, 0.5) is 0 Å². The van der Waals surface area contributed by atoms with Gasteiger partial charge in [0.2, 0.25) is 0 Å². The maximum Gasteiger partial charge on any atom is 0.123 e. The van der Waals surface area contributed by atoms with E-state index in [1.165, 1.54) is 24.8 Å². The lowest BCUT2D eigenvalue weighted by Crippen LogP contribution is -2.22. The van der Waals surface area contributed by atoms with Crippen LogP contribution in [0.5, 0.6) is 5.75 Å². The lowest BCUT2D eigenvalue weighted by Gasteiger charge is -2.13. The van der Waals surface area contributed by atoms with Crippen LogP contribution < -0.4 is 10.1 Å². The van der Waals surface area contributed by atoms with Gasteiger partial charge in [0.1, 0.15) is 11.9 Å². The van der Waals surface area contributed by atoms with Gasteiger partial charge in [-0.1, -0.05) is 18.2 Å². The smallest absolute Gasteiger partial charge is 0.123 e. The number of para-hydroxylation sites is 1. The third-order valence-corrected chi connectivity index (χ3v) is 3.37. The van der Waals surface area contributed by atoms with Crippen LogP contribution in [0.2, 0.25) is 0 Å². The van der Waals surface area contributed by atoms with E-state index in [-0.39, 0.29) is 0 Å². The summed E-state index contributed by atoms with van der Waals surface area (Å²) in [7, 11) is 2.02. The molecule has 1 aliphatic rings. The summed E-state index contributed by atoms with van der Waals surface area (Å²) in [6.45, 7) is 2.23. The first-order valence-electron chi connectivity index (χ1n) is 6.21. The summed E-state index contributed by atoms with van der Waals surface area (Å²) in [6, 6.07) is 9.00. The fourth-order valence-corrected chi connectivity index (χ4v) is 2.21. The molecule has 2 rings (SSSR count). The van der Waals surface area contributed by atoms with Gasteiger partial charge in [0.15, 0.2) is 0 Å². The topological polar surface area (TPSA) is 21.3 Å². The van der Waals surface area contributed by atoms with Crippen molar-refractivity contribution in [2.45, 2.75) is 44.8 Å². The van der Waals surface area contributed by atoms with Crippen LogP contribution in [0, 0.1) is 0 Å². The molecule has 2 unspecified atom stereocenters. The average molecular weight is 219 g/mol. The zero-order valence-electron chi connectivity index (χ0n) is 10.2. The Balaban J connectivity index is 1.75. The number of fused-ring (bicyclic) bond motifs is 1. The fourth-order valence-electron chi connectivity index (χ4n) is 2.21. The average Bonchev–Trinajstić information content (AvgIpc) is 2.71. The molecule has 0 amide bonds. The van der Waals surface area contributed by atoms with Gasteiger partial charge in [-0.15, -0.1) is 0 Å². The molecule has 16 heavy (non-hydrogen) atoms. The van der Waals surface area contributed by atoms with Gasteiger partial charge >= 0.3 is 0 Å². The summed E-state index contributed by atoms with van der Waals surface area (Å²) in [5.74, 6) is 1.09. The zero-order chi connectivity index (χ0) is 11.4.